The summed E-state index contributed by atoms with van der Waals surface area (Å²) >= 11 is 0. The third-order valence-electron chi connectivity index (χ3n) is 3.47. The number of hydrogen-bond donors (Lipinski definition) is 1. The summed E-state index contributed by atoms with van der Waals surface area (Å²) in [4.78, 5) is 0. The zero-order valence-corrected chi connectivity index (χ0v) is 11.8. The molecule has 0 bridgehead atoms. The minimum atomic E-state index is 0.688. The molecule has 1 N–H and O–H groups in total. The molecule has 2 aromatic carbocycles. The van der Waals surface area contributed by atoms with Crippen molar-refractivity contribution in [2.45, 2.75) is 20.3 Å². The molecule has 0 unspecified atom stereocenters. The normalized spacial score (nSPS) is 10.9. The fourth-order valence-electron chi connectivity index (χ4n) is 2.38. The minimum Gasteiger partial charge on any atom is -0.493 e. The molecule has 0 amide bonds. The highest BCUT2D eigenvalue weighted by molar-refractivity contribution is 5.80. The largest absolute Gasteiger partial charge is 0.493 e. The van der Waals surface area contributed by atoms with Crippen molar-refractivity contribution in [3.8, 4) is 5.75 Å². The van der Waals surface area contributed by atoms with Crippen molar-refractivity contribution in [1.29, 1.82) is 0 Å². The summed E-state index contributed by atoms with van der Waals surface area (Å²) in [5.41, 5.74) is 4.78. The van der Waals surface area contributed by atoms with E-state index in [9.17, 15) is 0 Å². The summed E-state index contributed by atoms with van der Waals surface area (Å²) in [7, 11) is 0. The molecule has 0 aliphatic carbocycles. The first kappa shape index (κ1) is 12.7. The lowest BCUT2D eigenvalue weighted by atomic mass is 10.1. The number of aromatic amines is 1. The highest BCUT2D eigenvalue weighted by Gasteiger charge is 2.04. The van der Waals surface area contributed by atoms with Crippen molar-refractivity contribution in [1.82, 2.24) is 10.2 Å². The van der Waals surface area contributed by atoms with Gasteiger partial charge in [-0.15, -0.1) is 0 Å². The number of hydrogen-bond acceptors (Lipinski definition) is 2. The van der Waals surface area contributed by atoms with E-state index in [0.29, 0.717) is 6.61 Å². The van der Waals surface area contributed by atoms with Crippen LogP contribution >= 0.6 is 0 Å². The molecule has 0 saturated heterocycles. The lowest BCUT2D eigenvalue weighted by molar-refractivity contribution is 0.320. The highest BCUT2D eigenvalue weighted by atomic mass is 16.5. The first-order chi connectivity index (χ1) is 9.72. The fraction of sp³-hybridized carbons (Fsp3) is 0.235. The number of nitrogens with one attached hydrogen (secondary N) is 1. The van der Waals surface area contributed by atoms with Crippen molar-refractivity contribution in [3.05, 3.63) is 59.3 Å². The van der Waals surface area contributed by atoms with E-state index in [1.165, 1.54) is 11.1 Å². The van der Waals surface area contributed by atoms with Gasteiger partial charge >= 0.3 is 0 Å². The van der Waals surface area contributed by atoms with Crippen LogP contribution < -0.4 is 4.74 Å². The van der Waals surface area contributed by atoms with E-state index in [1.807, 2.05) is 12.3 Å². The summed E-state index contributed by atoms with van der Waals surface area (Å²) in [5, 5.41) is 8.10. The molecule has 0 saturated carbocycles. The molecule has 0 atom stereocenters. The second-order valence-electron chi connectivity index (χ2n) is 5.16. The van der Waals surface area contributed by atoms with Crippen molar-refractivity contribution >= 4 is 10.9 Å². The van der Waals surface area contributed by atoms with Gasteiger partial charge in [0.05, 0.1) is 18.3 Å². The average molecular weight is 266 g/mol. The number of fused-ring (bicyclic) bond motifs is 1. The lowest BCUT2D eigenvalue weighted by Gasteiger charge is -2.09. The molecule has 1 heterocycles. The predicted octanol–water partition coefficient (Wildman–Crippen LogP) is 3.80. The molecule has 3 rings (SSSR count). The van der Waals surface area contributed by atoms with Gasteiger partial charge in [0.2, 0.25) is 0 Å². The van der Waals surface area contributed by atoms with E-state index in [0.717, 1.165) is 28.6 Å². The third kappa shape index (κ3) is 2.67. The van der Waals surface area contributed by atoms with Crippen LogP contribution in [0, 0.1) is 13.8 Å². The minimum absolute atomic E-state index is 0.688. The Kier molecular flexibility index (Phi) is 3.42. The Morgan fingerprint density at radius 2 is 2.05 bits per heavy atom. The Labute approximate surface area is 118 Å². The zero-order valence-electron chi connectivity index (χ0n) is 11.8. The summed E-state index contributed by atoms with van der Waals surface area (Å²) in [5.74, 6) is 0.937. The monoisotopic (exact) mass is 266 g/mol. The van der Waals surface area contributed by atoms with Gasteiger partial charge in [-0.2, -0.15) is 5.10 Å². The van der Waals surface area contributed by atoms with E-state index >= 15 is 0 Å². The fourth-order valence-corrected chi connectivity index (χ4v) is 2.38. The van der Waals surface area contributed by atoms with Crippen molar-refractivity contribution < 1.29 is 4.74 Å². The number of aryl methyl sites for hydroxylation is 2. The summed E-state index contributed by atoms with van der Waals surface area (Å²) < 4.78 is 5.92. The van der Waals surface area contributed by atoms with Crippen LogP contribution in [-0.4, -0.2) is 16.8 Å². The van der Waals surface area contributed by atoms with Crippen LogP contribution in [0.2, 0.25) is 0 Å². The molecule has 0 radical (unpaired) electrons. The topological polar surface area (TPSA) is 37.9 Å². The maximum atomic E-state index is 5.92. The number of rotatable bonds is 4. The molecule has 0 fully saturated rings. The van der Waals surface area contributed by atoms with Gasteiger partial charge in [-0.05, 0) is 37.1 Å². The summed E-state index contributed by atoms with van der Waals surface area (Å²) in [6.45, 7) is 4.86. The van der Waals surface area contributed by atoms with Gasteiger partial charge in [-0.25, -0.2) is 0 Å². The second-order valence-corrected chi connectivity index (χ2v) is 5.16. The van der Waals surface area contributed by atoms with Crippen LogP contribution in [0.3, 0.4) is 0 Å². The molecule has 3 nitrogen and oxygen atoms in total. The number of ether oxygens (including phenoxy) is 1. The quantitative estimate of drug-likeness (QED) is 0.780. The second kappa shape index (κ2) is 5.37. The van der Waals surface area contributed by atoms with Crippen LogP contribution in [0.25, 0.3) is 10.9 Å². The Morgan fingerprint density at radius 1 is 1.15 bits per heavy atom. The molecule has 0 spiro atoms. The smallest absolute Gasteiger partial charge is 0.123 e. The van der Waals surface area contributed by atoms with E-state index in [1.54, 1.807) is 0 Å². The van der Waals surface area contributed by atoms with Crippen molar-refractivity contribution in [2.24, 2.45) is 0 Å². The van der Waals surface area contributed by atoms with Crippen LogP contribution in [0.4, 0.5) is 0 Å². The average Bonchev–Trinajstić information content (AvgIpc) is 2.86. The van der Waals surface area contributed by atoms with E-state index in [4.69, 9.17) is 4.74 Å². The van der Waals surface area contributed by atoms with Gasteiger partial charge < -0.3 is 4.74 Å². The first-order valence-electron chi connectivity index (χ1n) is 6.84. The van der Waals surface area contributed by atoms with Gasteiger partial charge in [0, 0.05) is 11.8 Å². The molecule has 3 aromatic rings. The Morgan fingerprint density at radius 3 is 2.90 bits per heavy atom. The third-order valence-corrected chi connectivity index (χ3v) is 3.47. The number of H-pyrrole nitrogens is 1. The van der Waals surface area contributed by atoms with E-state index in [-0.39, 0.29) is 0 Å². The molecule has 0 aliphatic rings. The highest BCUT2D eigenvalue weighted by Crippen LogP contribution is 2.24. The van der Waals surface area contributed by atoms with Gasteiger partial charge in [-0.1, -0.05) is 29.8 Å². The van der Waals surface area contributed by atoms with Crippen molar-refractivity contribution in [2.75, 3.05) is 6.61 Å². The van der Waals surface area contributed by atoms with E-state index < -0.39 is 0 Å². The first-order valence-corrected chi connectivity index (χ1v) is 6.84. The van der Waals surface area contributed by atoms with Gasteiger partial charge in [0.25, 0.3) is 0 Å². The Balaban J connectivity index is 1.69. The van der Waals surface area contributed by atoms with Gasteiger partial charge in [0.1, 0.15) is 5.75 Å². The van der Waals surface area contributed by atoms with Gasteiger partial charge in [0.15, 0.2) is 0 Å². The van der Waals surface area contributed by atoms with Gasteiger partial charge in [-0.3, -0.25) is 5.10 Å². The predicted molar refractivity (Wildman–Crippen MR) is 81.2 cm³/mol. The van der Waals surface area contributed by atoms with Crippen LogP contribution in [0.1, 0.15) is 16.7 Å². The Hall–Kier alpha value is -2.29. The van der Waals surface area contributed by atoms with Crippen LogP contribution in [0.5, 0.6) is 5.75 Å². The molecule has 20 heavy (non-hydrogen) atoms. The van der Waals surface area contributed by atoms with E-state index in [2.05, 4.69) is 54.4 Å². The Bertz CT molecular complexity index is 731. The number of benzene rings is 2. The number of nitrogens with zero attached hydrogens (tertiary/aromatic N) is 1. The zero-order chi connectivity index (χ0) is 13.9. The van der Waals surface area contributed by atoms with Crippen molar-refractivity contribution in [3.63, 3.8) is 0 Å². The molecular weight excluding hydrogens is 248 g/mol. The maximum Gasteiger partial charge on any atom is 0.123 e. The van der Waals surface area contributed by atoms with Crippen LogP contribution in [-0.2, 0) is 6.42 Å². The molecule has 102 valence electrons. The standard InChI is InChI=1S/C17H18N2O/c1-12-4-3-5-14(8-12)6-7-20-17-10-15-11-18-19-16(15)9-13(17)2/h3-5,8-11H,6-7H2,1-2H3,(H,18,19). The molecular formula is C17H18N2O. The summed E-state index contributed by atoms with van der Waals surface area (Å²) in [6, 6.07) is 12.7. The molecule has 0 aliphatic heterocycles. The van der Waals surface area contributed by atoms with Crippen LogP contribution in [0.15, 0.2) is 42.6 Å². The summed E-state index contributed by atoms with van der Waals surface area (Å²) in [6.07, 6.45) is 2.74. The molecule has 1 aromatic heterocycles. The number of aromatic nitrogens is 2. The maximum absolute atomic E-state index is 5.92. The molecule has 3 heteroatoms. The SMILES string of the molecule is Cc1cccc(CCOc2cc3cn[nH]c3cc2C)c1. The lowest BCUT2D eigenvalue weighted by Crippen LogP contribution is -2.02.